The summed E-state index contributed by atoms with van der Waals surface area (Å²) in [6.07, 6.45) is 3.54. The molecule has 130 valence electrons. The standard InChI is InChI=1S/C17H23N3O4/c1-4-7-16-18-11-10-17(19-16)23-12-14-8-5-6-9-15(14)20(21-2)13-24-22-3/h5-6,8-11H,4,7,12-13H2,1-3H3. The molecule has 0 amide bonds. The molecule has 7 heteroatoms. The molecule has 0 radical (unpaired) electrons. The average Bonchev–Trinajstić information content (AvgIpc) is 2.62. The fourth-order valence-corrected chi connectivity index (χ4v) is 2.15. The molecule has 0 saturated heterocycles. The number of anilines is 1. The van der Waals surface area contributed by atoms with Gasteiger partial charge in [0.2, 0.25) is 5.88 Å². The number of aromatic nitrogens is 2. The van der Waals surface area contributed by atoms with Crippen molar-refractivity contribution in [2.24, 2.45) is 0 Å². The van der Waals surface area contributed by atoms with E-state index in [4.69, 9.17) is 14.5 Å². The summed E-state index contributed by atoms with van der Waals surface area (Å²) in [5, 5.41) is 1.57. The van der Waals surface area contributed by atoms with Crippen molar-refractivity contribution in [1.82, 2.24) is 9.97 Å². The molecule has 1 heterocycles. The van der Waals surface area contributed by atoms with Crippen molar-refractivity contribution >= 4 is 5.69 Å². The quantitative estimate of drug-likeness (QED) is 0.376. The van der Waals surface area contributed by atoms with E-state index < -0.39 is 0 Å². The summed E-state index contributed by atoms with van der Waals surface area (Å²) in [4.78, 5) is 23.5. The van der Waals surface area contributed by atoms with Gasteiger partial charge in [-0.25, -0.2) is 19.8 Å². The zero-order chi connectivity index (χ0) is 17.2. The minimum atomic E-state index is 0.137. The summed E-state index contributed by atoms with van der Waals surface area (Å²) in [5.74, 6) is 1.34. The molecule has 0 aliphatic carbocycles. The van der Waals surface area contributed by atoms with Crippen LogP contribution in [0.15, 0.2) is 36.5 Å². The molecular weight excluding hydrogens is 310 g/mol. The van der Waals surface area contributed by atoms with Crippen LogP contribution in [0.2, 0.25) is 0 Å². The lowest BCUT2D eigenvalue weighted by Crippen LogP contribution is -2.26. The summed E-state index contributed by atoms with van der Waals surface area (Å²) < 4.78 is 5.81. The number of para-hydroxylation sites is 1. The number of nitrogens with zero attached hydrogens (tertiary/aromatic N) is 3. The third-order valence-corrected chi connectivity index (χ3v) is 3.30. The molecule has 0 fully saturated rings. The summed E-state index contributed by atoms with van der Waals surface area (Å²) in [6.45, 7) is 2.58. The van der Waals surface area contributed by atoms with E-state index in [2.05, 4.69) is 21.8 Å². The minimum Gasteiger partial charge on any atom is -0.473 e. The molecule has 0 N–H and O–H groups in total. The Bertz CT molecular complexity index is 624. The van der Waals surface area contributed by atoms with Crippen LogP contribution in [0.3, 0.4) is 0 Å². The molecule has 1 aromatic heterocycles. The summed E-state index contributed by atoms with van der Waals surface area (Å²) in [5.41, 5.74) is 1.77. The molecule has 2 rings (SSSR count). The highest BCUT2D eigenvalue weighted by molar-refractivity contribution is 5.51. The first-order chi connectivity index (χ1) is 11.8. The summed E-state index contributed by atoms with van der Waals surface area (Å²) in [7, 11) is 3.02. The second-order valence-corrected chi connectivity index (χ2v) is 4.95. The fourth-order valence-electron chi connectivity index (χ4n) is 2.15. The molecule has 0 atom stereocenters. The number of hydrogen-bond acceptors (Lipinski definition) is 7. The van der Waals surface area contributed by atoms with E-state index in [0.29, 0.717) is 12.5 Å². The smallest absolute Gasteiger partial charge is 0.216 e. The Morgan fingerprint density at radius 1 is 1.12 bits per heavy atom. The normalized spacial score (nSPS) is 10.6. The van der Waals surface area contributed by atoms with Crippen molar-refractivity contribution in [2.75, 3.05) is 26.0 Å². The van der Waals surface area contributed by atoms with Crippen LogP contribution in [0.25, 0.3) is 0 Å². The van der Waals surface area contributed by atoms with E-state index in [9.17, 15) is 0 Å². The lowest BCUT2D eigenvalue weighted by atomic mass is 10.2. The molecule has 0 bridgehead atoms. The molecule has 0 saturated carbocycles. The van der Waals surface area contributed by atoms with Crippen LogP contribution in [0.4, 0.5) is 5.69 Å². The van der Waals surface area contributed by atoms with Gasteiger partial charge in [-0.3, -0.25) is 4.84 Å². The molecule has 0 aliphatic rings. The van der Waals surface area contributed by atoms with Gasteiger partial charge in [-0.15, -0.1) is 0 Å². The van der Waals surface area contributed by atoms with Crippen molar-refractivity contribution in [3.63, 3.8) is 0 Å². The number of rotatable bonds is 10. The summed E-state index contributed by atoms with van der Waals surface area (Å²) >= 11 is 0. The van der Waals surface area contributed by atoms with E-state index >= 15 is 0 Å². The molecule has 0 spiro atoms. The van der Waals surface area contributed by atoms with Crippen molar-refractivity contribution in [2.45, 2.75) is 26.4 Å². The Kier molecular flexibility index (Phi) is 7.41. The second kappa shape index (κ2) is 9.82. The van der Waals surface area contributed by atoms with Crippen molar-refractivity contribution < 1.29 is 19.3 Å². The second-order valence-electron chi connectivity index (χ2n) is 4.95. The fraction of sp³-hybridized carbons (Fsp3) is 0.412. The first-order valence-corrected chi connectivity index (χ1v) is 7.78. The Labute approximate surface area is 142 Å². The van der Waals surface area contributed by atoms with Crippen LogP contribution >= 0.6 is 0 Å². The van der Waals surface area contributed by atoms with Gasteiger partial charge in [-0.05, 0) is 12.5 Å². The van der Waals surface area contributed by atoms with Gasteiger partial charge in [-0.2, -0.15) is 4.98 Å². The Hall–Kier alpha value is -2.22. The molecule has 24 heavy (non-hydrogen) atoms. The molecule has 1 aromatic carbocycles. The predicted octanol–water partition coefficient (Wildman–Crippen LogP) is 2.91. The zero-order valence-corrected chi connectivity index (χ0v) is 14.3. The lowest BCUT2D eigenvalue weighted by molar-refractivity contribution is -0.280. The molecular formula is C17H23N3O4. The molecule has 0 aliphatic heterocycles. The van der Waals surface area contributed by atoms with Crippen LogP contribution in [0, 0.1) is 0 Å². The number of benzene rings is 1. The van der Waals surface area contributed by atoms with Crippen LogP contribution < -0.4 is 9.80 Å². The van der Waals surface area contributed by atoms with Gasteiger partial charge >= 0.3 is 0 Å². The van der Waals surface area contributed by atoms with Crippen LogP contribution in [0.1, 0.15) is 24.7 Å². The number of aryl methyl sites for hydroxylation is 1. The average molecular weight is 333 g/mol. The molecule has 7 nitrogen and oxygen atoms in total. The van der Waals surface area contributed by atoms with Gasteiger partial charge < -0.3 is 4.74 Å². The Balaban J connectivity index is 2.08. The lowest BCUT2D eigenvalue weighted by Gasteiger charge is -2.23. The van der Waals surface area contributed by atoms with Gasteiger partial charge in [0.05, 0.1) is 19.9 Å². The maximum Gasteiger partial charge on any atom is 0.216 e. The van der Waals surface area contributed by atoms with Gasteiger partial charge in [0.25, 0.3) is 0 Å². The van der Waals surface area contributed by atoms with Gasteiger partial charge in [0.15, 0.2) is 6.73 Å². The highest BCUT2D eigenvalue weighted by atomic mass is 17.2. The van der Waals surface area contributed by atoms with E-state index in [1.54, 1.807) is 24.4 Å². The van der Waals surface area contributed by atoms with Crippen LogP contribution in [-0.4, -0.2) is 30.9 Å². The monoisotopic (exact) mass is 333 g/mol. The van der Waals surface area contributed by atoms with Gasteiger partial charge in [0.1, 0.15) is 12.4 Å². The summed E-state index contributed by atoms with van der Waals surface area (Å²) in [6, 6.07) is 9.49. The first kappa shape index (κ1) is 18.1. The molecule has 0 unspecified atom stereocenters. The van der Waals surface area contributed by atoms with Crippen molar-refractivity contribution in [3.05, 3.63) is 47.9 Å². The van der Waals surface area contributed by atoms with Crippen molar-refractivity contribution in [3.8, 4) is 5.88 Å². The Morgan fingerprint density at radius 3 is 2.71 bits per heavy atom. The third kappa shape index (κ3) is 5.16. The van der Waals surface area contributed by atoms with Crippen molar-refractivity contribution in [1.29, 1.82) is 0 Å². The zero-order valence-electron chi connectivity index (χ0n) is 14.3. The number of hydrogen-bond donors (Lipinski definition) is 0. The van der Waals surface area contributed by atoms with Gasteiger partial charge in [-0.1, -0.05) is 25.1 Å². The Morgan fingerprint density at radius 2 is 1.96 bits per heavy atom. The van der Waals surface area contributed by atoms with Crippen LogP contribution in [0.5, 0.6) is 5.88 Å². The van der Waals surface area contributed by atoms with E-state index in [0.717, 1.165) is 29.9 Å². The predicted molar refractivity (Wildman–Crippen MR) is 89.3 cm³/mol. The van der Waals surface area contributed by atoms with E-state index in [1.165, 1.54) is 7.11 Å². The van der Waals surface area contributed by atoms with E-state index in [-0.39, 0.29) is 6.73 Å². The van der Waals surface area contributed by atoms with Crippen LogP contribution in [-0.2, 0) is 27.6 Å². The largest absolute Gasteiger partial charge is 0.473 e. The first-order valence-electron chi connectivity index (χ1n) is 7.78. The highest BCUT2D eigenvalue weighted by Gasteiger charge is 2.12. The SMILES string of the molecule is CCCc1nccc(OCc2ccccc2N(COOC)OC)n1. The minimum absolute atomic E-state index is 0.137. The topological polar surface area (TPSA) is 65.9 Å². The maximum absolute atomic E-state index is 5.81. The van der Waals surface area contributed by atoms with Gasteiger partial charge in [0, 0.05) is 24.2 Å². The van der Waals surface area contributed by atoms with E-state index in [1.807, 2.05) is 24.3 Å². The number of hydroxylamine groups is 1. The maximum atomic E-state index is 5.81. The molecule has 2 aromatic rings. The third-order valence-electron chi connectivity index (χ3n) is 3.30. The highest BCUT2D eigenvalue weighted by Crippen LogP contribution is 2.22. The number of ether oxygens (including phenoxy) is 1.